The number of primary amides is 1. The maximum Gasteiger partial charge on any atom is 0.309 e. The number of rotatable bonds is 3. The Hall–Kier alpha value is -2.04. The van der Waals surface area contributed by atoms with Gasteiger partial charge in [0.15, 0.2) is 0 Å². The highest BCUT2D eigenvalue weighted by atomic mass is 16.5. The van der Waals surface area contributed by atoms with Gasteiger partial charge in [-0.2, -0.15) is 0 Å². The number of carbonyl (C=O) groups excluding carboxylic acids is 2. The highest BCUT2D eigenvalue weighted by Crippen LogP contribution is 2.27. The highest BCUT2D eigenvalue weighted by molar-refractivity contribution is 6.34. The van der Waals surface area contributed by atoms with Crippen molar-refractivity contribution in [1.82, 2.24) is 5.32 Å². The van der Waals surface area contributed by atoms with Gasteiger partial charge in [-0.05, 0) is 49.1 Å². The van der Waals surface area contributed by atoms with E-state index in [1.807, 2.05) is 26.8 Å². The summed E-state index contributed by atoms with van der Waals surface area (Å²) in [5, 5.41) is 2.49. The largest absolute Gasteiger partial charge is 0.496 e. The molecule has 0 aliphatic heterocycles. The molecular formula is C13H18N2O3. The van der Waals surface area contributed by atoms with Crippen molar-refractivity contribution in [3.8, 4) is 5.75 Å². The van der Waals surface area contributed by atoms with Gasteiger partial charge in [0.25, 0.3) is 0 Å². The van der Waals surface area contributed by atoms with Gasteiger partial charge in [-0.1, -0.05) is 0 Å². The topological polar surface area (TPSA) is 81.4 Å². The van der Waals surface area contributed by atoms with Crippen molar-refractivity contribution >= 4 is 11.8 Å². The molecule has 0 bridgehead atoms. The maximum atomic E-state index is 11.1. The summed E-state index contributed by atoms with van der Waals surface area (Å²) in [5.74, 6) is -0.937. The molecule has 2 amide bonds. The quantitative estimate of drug-likeness (QED) is 0.776. The number of benzene rings is 1. The Labute approximate surface area is 106 Å². The first-order valence-corrected chi connectivity index (χ1v) is 5.59. The lowest BCUT2D eigenvalue weighted by Crippen LogP contribution is -2.35. The molecule has 0 saturated carbocycles. The van der Waals surface area contributed by atoms with Crippen LogP contribution in [-0.2, 0) is 16.1 Å². The van der Waals surface area contributed by atoms with Crippen molar-refractivity contribution in [1.29, 1.82) is 0 Å². The average molecular weight is 250 g/mol. The Morgan fingerprint density at radius 2 is 1.89 bits per heavy atom. The fourth-order valence-electron chi connectivity index (χ4n) is 1.84. The summed E-state index contributed by atoms with van der Waals surface area (Å²) in [7, 11) is 1.62. The van der Waals surface area contributed by atoms with Crippen LogP contribution in [0, 0.1) is 20.8 Å². The highest BCUT2D eigenvalue weighted by Gasteiger charge is 2.13. The van der Waals surface area contributed by atoms with Crippen molar-refractivity contribution in [3.05, 3.63) is 28.3 Å². The van der Waals surface area contributed by atoms with E-state index in [0.29, 0.717) is 0 Å². The summed E-state index contributed by atoms with van der Waals surface area (Å²) in [6, 6.07) is 1.91. The number of carbonyl (C=O) groups is 2. The zero-order valence-corrected chi connectivity index (χ0v) is 11.1. The molecule has 5 nitrogen and oxygen atoms in total. The van der Waals surface area contributed by atoms with Gasteiger partial charge >= 0.3 is 11.8 Å². The SMILES string of the molecule is COc1cc(C)c(CNC(=O)C(N)=O)c(C)c1C. The minimum absolute atomic E-state index is 0.282. The zero-order valence-electron chi connectivity index (χ0n) is 11.1. The van der Waals surface area contributed by atoms with Gasteiger partial charge in [-0.3, -0.25) is 9.59 Å². The van der Waals surface area contributed by atoms with E-state index in [9.17, 15) is 9.59 Å². The van der Waals surface area contributed by atoms with E-state index in [1.54, 1.807) is 7.11 Å². The van der Waals surface area contributed by atoms with Crippen LogP contribution in [0.1, 0.15) is 22.3 Å². The van der Waals surface area contributed by atoms with E-state index in [2.05, 4.69) is 5.32 Å². The molecule has 98 valence electrons. The molecule has 5 heteroatoms. The summed E-state index contributed by atoms with van der Waals surface area (Å²) < 4.78 is 5.26. The fraction of sp³-hybridized carbons (Fsp3) is 0.385. The second-order valence-corrected chi connectivity index (χ2v) is 4.17. The molecule has 18 heavy (non-hydrogen) atoms. The molecule has 0 aliphatic carbocycles. The van der Waals surface area contributed by atoms with Crippen molar-refractivity contribution in [2.24, 2.45) is 5.73 Å². The zero-order chi connectivity index (χ0) is 13.9. The molecular weight excluding hydrogens is 232 g/mol. The van der Waals surface area contributed by atoms with Crippen molar-refractivity contribution < 1.29 is 14.3 Å². The first-order valence-electron chi connectivity index (χ1n) is 5.59. The lowest BCUT2D eigenvalue weighted by molar-refractivity contribution is -0.137. The minimum atomic E-state index is -0.976. The van der Waals surface area contributed by atoms with E-state index in [-0.39, 0.29) is 6.54 Å². The van der Waals surface area contributed by atoms with Gasteiger partial charge in [0.05, 0.1) is 7.11 Å². The second-order valence-electron chi connectivity index (χ2n) is 4.17. The molecule has 1 aromatic rings. The molecule has 0 aliphatic rings. The lowest BCUT2D eigenvalue weighted by Gasteiger charge is -2.16. The minimum Gasteiger partial charge on any atom is -0.496 e. The molecule has 0 fully saturated rings. The fourth-order valence-corrected chi connectivity index (χ4v) is 1.84. The molecule has 0 saturated heterocycles. The molecule has 1 rings (SSSR count). The van der Waals surface area contributed by atoms with Crippen LogP contribution < -0.4 is 15.8 Å². The number of nitrogens with two attached hydrogens (primary N) is 1. The van der Waals surface area contributed by atoms with E-state index >= 15 is 0 Å². The van der Waals surface area contributed by atoms with Gasteiger partial charge in [-0.15, -0.1) is 0 Å². The summed E-state index contributed by atoms with van der Waals surface area (Å²) in [6.07, 6.45) is 0. The Kier molecular flexibility index (Phi) is 4.31. The van der Waals surface area contributed by atoms with Crippen LogP contribution in [0.25, 0.3) is 0 Å². The van der Waals surface area contributed by atoms with Gasteiger partial charge in [0, 0.05) is 6.54 Å². The van der Waals surface area contributed by atoms with E-state index in [0.717, 1.165) is 28.0 Å². The summed E-state index contributed by atoms with van der Waals surface area (Å²) in [6.45, 7) is 6.12. The number of aryl methyl sites for hydroxylation is 1. The Balaban J connectivity index is 3.00. The maximum absolute atomic E-state index is 11.1. The van der Waals surface area contributed by atoms with Crippen molar-refractivity contribution in [2.45, 2.75) is 27.3 Å². The molecule has 0 spiro atoms. The van der Waals surface area contributed by atoms with E-state index in [4.69, 9.17) is 10.5 Å². The first-order chi connectivity index (χ1) is 8.38. The van der Waals surface area contributed by atoms with Crippen LogP contribution in [0.15, 0.2) is 6.07 Å². The Bertz CT molecular complexity index is 495. The van der Waals surface area contributed by atoms with Crippen LogP contribution in [0.2, 0.25) is 0 Å². The van der Waals surface area contributed by atoms with Gasteiger partial charge in [0.1, 0.15) is 5.75 Å². The van der Waals surface area contributed by atoms with E-state index in [1.165, 1.54) is 0 Å². The van der Waals surface area contributed by atoms with Crippen LogP contribution in [0.4, 0.5) is 0 Å². The van der Waals surface area contributed by atoms with Crippen molar-refractivity contribution in [3.63, 3.8) is 0 Å². The molecule has 1 aromatic carbocycles. The van der Waals surface area contributed by atoms with Gasteiger partial charge < -0.3 is 15.8 Å². The van der Waals surface area contributed by atoms with Crippen LogP contribution in [0.5, 0.6) is 5.75 Å². The third kappa shape index (κ3) is 2.80. The molecule has 0 atom stereocenters. The Morgan fingerprint density at radius 3 is 2.39 bits per heavy atom. The standard InChI is InChI=1S/C13H18N2O3/c1-7-5-11(18-4)9(3)8(2)10(7)6-15-13(17)12(14)16/h5H,6H2,1-4H3,(H2,14,16)(H,15,17). The summed E-state index contributed by atoms with van der Waals surface area (Å²) >= 11 is 0. The molecule has 0 aromatic heterocycles. The summed E-state index contributed by atoms with van der Waals surface area (Å²) in [4.78, 5) is 21.8. The molecule has 0 heterocycles. The predicted molar refractivity (Wildman–Crippen MR) is 68.2 cm³/mol. The number of amides is 2. The monoisotopic (exact) mass is 250 g/mol. The smallest absolute Gasteiger partial charge is 0.309 e. The number of hydrogen-bond acceptors (Lipinski definition) is 3. The number of hydrogen-bond donors (Lipinski definition) is 2. The Morgan fingerprint density at radius 1 is 1.28 bits per heavy atom. The van der Waals surface area contributed by atoms with Crippen LogP contribution in [-0.4, -0.2) is 18.9 Å². The summed E-state index contributed by atoms with van der Waals surface area (Å²) in [5.41, 5.74) is 8.91. The second kappa shape index (κ2) is 5.53. The molecule has 0 unspecified atom stereocenters. The van der Waals surface area contributed by atoms with Crippen LogP contribution in [0.3, 0.4) is 0 Å². The normalized spacial score (nSPS) is 10.0. The predicted octanol–water partition coefficient (Wildman–Crippen LogP) is 0.722. The van der Waals surface area contributed by atoms with Crippen LogP contribution >= 0.6 is 0 Å². The van der Waals surface area contributed by atoms with Crippen molar-refractivity contribution in [2.75, 3.05) is 7.11 Å². The lowest BCUT2D eigenvalue weighted by atomic mass is 9.97. The average Bonchev–Trinajstić information content (AvgIpc) is 2.33. The molecule has 3 N–H and O–H groups in total. The van der Waals surface area contributed by atoms with Gasteiger partial charge in [0.2, 0.25) is 0 Å². The number of ether oxygens (including phenoxy) is 1. The third-order valence-corrected chi connectivity index (χ3v) is 3.08. The number of methoxy groups -OCH3 is 1. The number of nitrogens with one attached hydrogen (secondary N) is 1. The van der Waals surface area contributed by atoms with Gasteiger partial charge in [-0.25, -0.2) is 0 Å². The molecule has 0 radical (unpaired) electrons. The van der Waals surface area contributed by atoms with E-state index < -0.39 is 11.8 Å². The first kappa shape index (κ1) is 14.0. The third-order valence-electron chi connectivity index (χ3n) is 3.08.